The van der Waals surface area contributed by atoms with Gasteiger partial charge in [0.15, 0.2) is 0 Å². The first-order chi connectivity index (χ1) is 14.5. The molecule has 3 aromatic heterocycles. The van der Waals surface area contributed by atoms with Crippen LogP contribution in [0, 0.1) is 5.92 Å². The summed E-state index contributed by atoms with van der Waals surface area (Å²) < 4.78 is 0. The molecule has 4 rings (SSSR count). The summed E-state index contributed by atoms with van der Waals surface area (Å²) in [5.74, 6) is 0.412. The van der Waals surface area contributed by atoms with Crippen LogP contribution in [0.25, 0.3) is 0 Å². The summed E-state index contributed by atoms with van der Waals surface area (Å²) in [5.41, 5.74) is 6.87. The number of hydrogen-bond acceptors (Lipinski definition) is 6. The summed E-state index contributed by atoms with van der Waals surface area (Å²) in [6.45, 7) is 3.21. The molecule has 9 heteroatoms. The number of pyridine rings is 3. The van der Waals surface area contributed by atoms with Gasteiger partial charge in [0.2, 0.25) is 0 Å². The van der Waals surface area contributed by atoms with Crippen LogP contribution in [0.3, 0.4) is 0 Å². The maximum Gasteiger partial charge on any atom is 0.129 e. The molecule has 1 aliphatic rings. The minimum atomic E-state index is 0.412. The predicted octanol–water partition coefficient (Wildman–Crippen LogP) is 4.43. The topological polar surface area (TPSA) is 57.2 Å². The third-order valence-electron chi connectivity index (χ3n) is 4.88. The first-order valence-electron chi connectivity index (χ1n) is 9.61. The lowest BCUT2D eigenvalue weighted by Gasteiger charge is -2.41. The molecule has 0 bridgehead atoms. The zero-order chi connectivity index (χ0) is 20.9. The molecule has 0 spiro atoms. The lowest BCUT2D eigenvalue weighted by atomic mass is 9.99. The van der Waals surface area contributed by atoms with Crippen LogP contribution in [0.15, 0.2) is 55.0 Å². The molecule has 4 heterocycles. The van der Waals surface area contributed by atoms with Crippen LogP contribution < -0.4 is 5.53 Å². The number of hydrazine groups is 2. The Kier molecular flexibility index (Phi) is 7.15. The van der Waals surface area contributed by atoms with E-state index in [9.17, 15) is 0 Å². The standard InChI is InChI=1S/C21H21Cl3N6/c22-19-4-1-15(8-25-19)7-18-13-29(11-16-2-5-20(23)26-9-16)28-30(14-18)12-17-3-6-21(24)27-10-17/h1-6,8-10,18,28H,7,11-14H2. The number of nitrogens with one attached hydrogen (secondary N) is 1. The van der Waals surface area contributed by atoms with Crippen molar-refractivity contribution in [2.24, 2.45) is 5.92 Å². The van der Waals surface area contributed by atoms with Gasteiger partial charge in [-0.3, -0.25) is 0 Å². The first kappa shape index (κ1) is 21.4. The first-order valence-corrected chi connectivity index (χ1v) is 10.7. The molecule has 0 radical (unpaired) electrons. The Bertz CT molecular complexity index is 817. The predicted molar refractivity (Wildman–Crippen MR) is 119 cm³/mol. The van der Waals surface area contributed by atoms with Crippen molar-refractivity contribution in [2.75, 3.05) is 13.1 Å². The second kappa shape index (κ2) is 10.0. The average Bonchev–Trinajstić information content (AvgIpc) is 2.73. The van der Waals surface area contributed by atoms with Crippen LogP contribution in [0.4, 0.5) is 0 Å². The van der Waals surface area contributed by atoms with E-state index in [1.54, 1.807) is 0 Å². The fourth-order valence-electron chi connectivity index (χ4n) is 3.59. The molecule has 0 saturated carbocycles. The van der Waals surface area contributed by atoms with Crippen molar-refractivity contribution in [3.63, 3.8) is 0 Å². The molecule has 0 amide bonds. The molecule has 1 aliphatic heterocycles. The summed E-state index contributed by atoms with van der Waals surface area (Å²) in [4.78, 5) is 12.6. The third kappa shape index (κ3) is 6.11. The molecule has 1 N–H and O–H groups in total. The largest absolute Gasteiger partial charge is 0.244 e. The van der Waals surface area contributed by atoms with E-state index < -0.39 is 0 Å². The van der Waals surface area contributed by atoms with Gasteiger partial charge in [-0.2, -0.15) is 5.53 Å². The average molecular weight is 464 g/mol. The van der Waals surface area contributed by atoms with Gasteiger partial charge in [0.25, 0.3) is 0 Å². The Morgan fingerprint density at radius 2 is 1.13 bits per heavy atom. The van der Waals surface area contributed by atoms with E-state index in [1.807, 2.05) is 55.0 Å². The van der Waals surface area contributed by atoms with Crippen molar-refractivity contribution in [1.29, 1.82) is 0 Å². The van der Waals surface area contributed by atoms with Gasteiger partial charge in [0, 0.05) is 44.8 Å². The minimum Gasteiger partial charge on any atom is -0.244 e. The molecule has 1 saturated heterocycles. The van der Waals surface area contributed by atoms with Crippen LogP contribution in [0.1, 0.15) is 16.7 Å². The fraction of sp³-hybridized carbons (Fsp3) is 0.286. The molecule has 1 fully saturated rings. The van der Waals surface area contributed by atoms with Crippen molar-refractivity contribution < 1.29 is 0 Å². The van der Waals surface area contributed by atoms with Gasteiger partial charge in [-0.15, -0.1) is 0 Å². The van der Waals surface area contributed by atoms with Crippen LogP contribution in [0.5, 0.6) is 0 Å². The summed E-state index contributed by atoms with van der Waals surface area (Å²) in [6.07, 6.45) is 6.39. The van der Waals surface area contributed by atoms with Crippen molar-refractivity contribution in [2.45, 2.75) is 19.5 Å². The zero-order valence-electron chi connectivity index (χ0n) is 16.2. The molecule has 0 aromatic carbocycles. The molecule has 30 heavy (non-hydrogen) atoms. The quantitative estimate of drug-likeness (QED) is 0.546. The van der Waals surface area contributed by atoms with E-state index in [0.29, 0.717) is 21.4 Å². The molecule has 0 atom stereocenters. The molecule has 3 aromatic rings. The Labute approximate surface area is 190 Å². The smallest absolute Gasteiger partial charge is 0.129 e. The van der Waals surface area contributed by atoms with E-state index >= 15 is 0 Å². The number of nitrogens with zero attached hydrogens (tertiary/aromatic N) is 5. The maximum absolute atomic E-state index is 5.94. The van der Waals surface area contributed by atoms with E-state index in [0.717, 1.165) is 43.7 Å². The second-order valence-electron chi connectivity index (χ2n) is 7.40. The lowest BCUT2D eigenvalue weighted by Crippen LogP contribution is -2.58. The molecule has 0 unspecified atom stereocenters. The summed E-state index contributed by atoms with van der Waals surface area (Å²) in [5, 5.41) is 5.90. The van der Waals surface area contributed by atoms with Crippen LogP contribution in [0.2, 0.25) is 15.5 Å². The molecule has 156 valence electrons. The number of halogens is 3. The Hall–Kier alpha value is -1.80. The Morgan fingerprint density at radius 3 is 1.53 bits per heavy atom. The van der Waals surface area contributed by atoms with Gasteiger partial charge in [0.05, 0.1) is 0 Å². The maximum atomic E-state index is 5.94. The van der Waals surface area contributed by atoms with Crippen molar-refractivity contribution in [3.05, 3.63) is 87.1 Å². The van der Waals surface area contributed by atoms with Gasteiger partial charge in [0.1, 0.15) is 15.5 Å². The summed E-state index contributed by atoms with van der Waals surface area (Å²) in [7, 11) is 0. The van der Waals surface area contributed by atoms with E-state index in [1.165, 1.54) is 5.56 Å². The highest BCUT2D eigenvalue weighted by atomic mass is 35.5. The highest BCUT2D eigenvalue weighted by molar-refractivity contribution is 6.29. The van der Waals surface area contributed by atoms with Gasteiger partial charge in [-0.1, -0.05) is 53.0 Å². The SMILES string of the molecule is Clc1ccc(CC2CN(Cc3ccc(Cl)nc3)NN(Cc3ccc(Cl)nc3)C2)cn1. The number of hydrogen-bond donors (Lipinski definition) is 1. The highest BCUT2D eigenvalue weighted by Gasteiger charge is 2.26. The zero-order valence-corrected chi connectivity index (χ0v) is 18.4. The van der Waals surface area contributed by atoms with Crippen molar-refractivity contribution >= 4 is 34.8 Å². The summed E-state index contributed by atoms with van der Waals surface area (Å²) in [6, 6.07) is 11.5. The molecule has 6 nitrogen and oxygen atoms in total. The second-order valence-corrected chi connectivity index (χ2v) is 8.56. The van der Waals surface area contributed by atoms with Gasteiger partial charge in [-0.05, 0) is 47.2 Å². The van der Waals surface area contributed by atoms with Gasteiger partial charge < -0.3 is 0 Å². The van der Waals surface area contributed by atoms with Crippen molar-refractivity contribution in [1.82, 2.24) is 30.5 Å². The number of rotatable bonds is 6. The summed E-state index contributed by atoms with van der Waals surface area (Å²) >= 11 is 17.8. The highest BCUT2D eigenvalue weighted by Crippen LogP contribution is 2.19. The van der Waals surface area contributed by atoms with E-state index in [-0.39, 0.29) is 0 Å². The van der Waals surface area contributed by atoms with Crippen LogP contribution in [-0.2, 0) is 19.5 Å². The van der Waals surface area contributed by atoms with Gasteiger partial charge >= 0.3 is 0 Å². The normalized spacial score (nSPS) is 16.1. The van der Waals surface area contributed by atoms with Gasteiger partial charge in [-0.25, -0.2) is 25.0 Å². The van der Waals surface area contributed by atoms with Crippen molar-refractivity contribution in [3.8, 4) is 0 Å². The van der Waals surface area contributed by atoms with Crippen LogP contribution >= 0.6 is 34.8 Å². The van der Waals surface area contributed by atoms with E-state index in [4.69, 9.17) is 34.8 Å². The number of aromatic nitrogens is 3. The van der Waals surface area contributed by atoms with Crippen LogP contribution in [-0.4, -0.2) is 38.1 Å². The minimum absolute atomic E-state index is 0.412. The third-order valence-corrected chi connectivity index (χ3v) is 5.55. The molecular formula is C21H21Cl3N6. The Balaban J connectivity index is 1.47. The monoisotopic (exact) mass is 462 g/mol. The fourth-order valence-corrected chi connectivity index (χ4v) is 3.93. The lowest BCUT2D eigenvalue weighted by molar-refractivity contribution is -0.0541. The molecule has 0 aliphatic carbocycles. The van der Waals surface area contributed by atoms with E-state index in [2.05, 4.69) is 30.5 Å². The molecular weight excluding hydrogens is 443 g/mol. The Morgan fingerprint density at radius 1 is 0.700 bits per heavy atom.